The maximum absolute atomic E-state index is 9.08. The largest absolute Gasteiger partial charge is 0.748 e. The third-order valence-electron chi connectivity index (χ3n) is 7.74. The van der Waals surface area contributed by atoms with E-state index < -0.39 is 10.1 Å². The Morgan fingerprint density at radius 3 is 1.35 bits per heavy atom. The molecule has 15 heteroatoms. The molecule has 341 valence electrons. The van der Waals surface area contributed by atoms with Gasteiger partial charge in [-0.05, 0) is 58.4 Å². The van der Waals surface area contributed by atoms with Crippen LogP contribution in [-0.4, -0.2) is 112 Å². The van der Waals surface area contributed by atoms with Crippen molar-refractivity contribution in [2.24, 2.45) is 5.92 Å². The van der Waals surface area contributed by atoms with Gasteiger partial charge in [0.1, 0.15) is 0 Å². The normalized spacial score (nSPS) is 9.92. The van der Waals surface area contributed by atoms with Crippen molar-refractivity contribution in [1.82, 2.24) is 15.0 Å². The Hall–Kier alpha value is -4.38. The number of fused-ring (bicyclic) bond motifs is 3. The van der Waals surface area contributed by atoms with Gasteiger partial charge < -0.3 is 38.5 Å². The van der Waals surface area contributed by atoms with Crippen LogP contribution >= 0.6 is 0 Å². The van der Waals surface area contributed by atoms with Crippen LogP contribution in [-0.2, 0) is 60.6 Å². The first-order chi connectivity index (χ1) is 29.7. The van der Waals surface area contributed by atoms with E-state index in [-0.39, 0.29) is 20.1 Å². The van der Waals surface area contributed by atoms with Crippen LogP contribution in [0, 0.1) is 5.92 Å². The molecular formula is C47H63N3O10STc-2. The van der Waals surface area contributed by atoms with Crippen LogP contribution in [0.3, 0.4) is 0 Å². The van der Waals surface area contributed by atoms with Crippen molar-refractivity contribution in [3.63, 3.8) is 0 Å². The molecule has 3 aromatic carbocycles. The molecule has 0 unspecified atom stereocenters. The summed E-state index contributed by atoms with van der Waals surface area (Å²) < 4.78 is 49.0. The van der Waals surface area contributed by atoms with Gasteiger partial charge in [-0.15, -0.1) is 0 Å². The predicted molar refractivity (Wildman–Crippen MR) is 244 cm³/mol. The SMILES string of the molecule is CC.CC(C)CCOCCOCCOCCOCc1cccnc1.CO.CO.CS(=O)(=O)[O-].[99Tc].[CH-]=O.c1ccc(-c2ccnc3c2ccc2c(-c4ccccc4)ccnc23)cc1. The molecule has 0 aliphatic heterocycles. The van der Waals surface area contributed by atoms with Gasteiger partial charge in [0.2, 0.25) is 0 Å². The van der Waals surface area contributed by atoms with Gasteiger partial charge in [-0.25, -0.2) is 8.42 Å². The number of hydrogen-bond acceptors (Lipinski definition) is 13. The van der Waals surface area contributed by atoms with Crippen molar-refractivity contribution in [2.75, 3.05) is 66.7 Å². The van der Waals surface area contributed by atoms with Crippen molar-refractivity contribution < 1.29 is 67.0 Å². The number of hydrogen-bond donors (Lipinski definition) is 2. The van der Waals surface area contributed by atoms with E-state index in [0.29, 0.717) is 58.4 Å². The molecule has 0 amide bonds. The van der Waals surface area contributed by atoms with Gasteiger partial charge in [-0.1, -0.05) is 107 Å². The zero-order valence-electron chi connectivity index (χ0n) is 36.9. The minimum Gasteiger partial charge on any atom is -0.748 e. The second-order valence-corrected chi connectivity index (χ2v) is 13.9. The third kappa shape index (κ3) is 25.5. The number of ether oxygens (including phenoxy) is 4. The summed E-state index contributed by atoms with van der Waals surface area (Å²) in [6.07, 6.45) is 9.01. The van der Waals surface area contributed by atoms with Gasteiger partial charge in [0.15, 0.2) is 0 Å². The molecular weight excluding hydrogens is 898 g/mol. The average molecular weight is 961 g/mol. The molecule has 1 radical (unpaired) electrons. The van der Waals surface area contributed by atoms with Gasteiger partial charge in [0.25, 0.3) is 0 Å². The molecule has 0 bridgehead atoms. The third-order valence-corrected chi connectivity index (χ3v) is 7.74. The molecule has 0 fully saturated rings. The first-order valence-electron chi connectivity index (χ1n) is 19.7. The smallest absolute Gasteiger partial charge is 0.0970 e. The van der Waals surface area contributed by atoms with Crippen LogP contribution in [0.15, 0.2) is 122 Å². The summed E-state index contributed by atoms with van der Waals surface area (Å²) in [5.41, 5.74) is 7.72. The molecule has 0 aliphatic carbocycles. The summed E-state index contributed by atoms with van der Waals surface area (Å²) in [5.74, 6) is 0.690. The Morgan fingerprint density at radius 1 is 0.597 bits per heavy atom. The molecule has 3 heterocycles. The Bertz CT molecular complexity index is 1960. The maximum Gasteiger partial charge on any atom is 0.0970 e. The number of benzene rings is 3. The van der Waals surface area contributed by atoms with Gasteiger partial charge in [0.05, 0.1) is 67.4 Å². The zero-order chi connectivity index (χ0) is 45.7. The Balaban J connectivity index is 0. The van der Waals surface area contributed by atoms with E-state index in [1.165, 1.54) is 22.3 Å². The summed E-state index contributed by atoms with van der Waals surface area (Å²) in [4.78, 5) is 21.1. The summed E-state index contributed by atoms with van der Waals surface area (Å²) in [6, 6.07) is 33.2. The molecule has 0 saturated heterocycles. The molecule has 0 atom stereocenters. The molecule has 0 aliphatic rings. The molecule has 2 N–H and O–H groups in total. The van der Waals surface area contributed by atoms with Crippen LogP contribution in [0.1, 0.15) is 39.7 Å². The fourth-order valence-electron chi connectivity index (χ4n) is 5.22. The average Bonchev–Trinajstić information content (AvgIpc) is 3.30. The van der Waals surface area contributed by atoms with E-state index >= 15 is 0 Å². The van der Waals surface area contributed by atoms with E-state index in [1.807, 2.05) is 50.5 Å². The van der Waals surface area contributed by atoms with E-state index in [4.69, 9.17) is 46.9 Å². The summed E-state index contributed by atoms with van der Waals surface area (Å²) in [6.45, 7) is 16.6. The fourth-order valence-corrected chi connectivity index (χ4v) is 5.22. The zero-order valence-corrected chi connectivity index (χ0v) is 39.5. The predicted octanol–water partition coefficient (Wildman–Crippen LogP) is 7.94. The molecule has 3 aromatic heterocycles. The molecule has 6 aromatic rings. The monoisotopic (exact) mass is 960 g/mol. The van der Waals surface area contributed by atoms with Gasteiger partial charge in [0, 0.05) is 82.7 Å². The fraction of sp³-hybridized carbons (Fsp3) is 0.362. The minimum absolute atomic E-state index is 0. The van der Waals surface area contributed by atoms with Crippen LogP contribution in [0.25, 0.3) is 44.1 Å². The first kappa shape index (κ1) is 59.7. The standard InChI is InChI=1S/C24H16N2.C17H29NO4.C2H6.CH4O3S.2CH4O.CHO.Tc/c1-3-7-17(8-4-1)19-13-15-25-23-21(19)11-12-22-20(14-16-26-24(22)23)18-9-5-2-6-10-18;1-16(2)5-7-19-8-9-20-10-11-21-12-13-22-15-17-4-3-6-18-14-17;1-2;1-5(2,3)4;3*1-2;/h1-16H;3-4,6,14,16H,5,7-13,15H2,1-2H3;1-2H3;1H3,(H,2,3,4);2*2H,1H3;1H;/q;;;;;;-1;/p-1/i;;;;;;;1+1. The molecule has 0 saturated carbocycles. The van der Waals surface area contributed by atoms with Gasteiger partial charge in [-0.3, -0.25) is 21.7 Å². The second kappa shape index (κ2) is 38.3. The van der Waals surface area contributed by atoms with Crippen molar-refractivity contribution in [2.45, 2.75) is 40.7 Å². The molecule has 0 spiro atoms. The number of aliphatic hydroxyl groups excluding tert-OH is 2. The topological polar surface area (TPSA) is 190 Å². The maximum atomic E-state index is 9.08. The van der Waals surface area contributed by atoms with Crippen molar-refractivity contribution in [3.05, 3.63) is 127 Å². The minimum atomic E-state index is -3.92. The van der Waals surface area contributed by atoms with Crippen molar-refractivity contribution >= 4 is 38.7 Å². The first-order valence-corrected chi connectivity index (χ1v) is 21.5. The number of nitrogens with zero attached hydrogens (tertiary/aromatic N) is 3. The van der Waals surface area contributed by atoms with Crippen LogP contribution < -0.4 is 0 Å². The van der Waals surface area contributed by atoms with Crippen LogP contribution in [0.5, 0.6) is 0 Å². The van der Waals surface area contributed by atoms with Crippen molar-refractivity contribution in [3.8, 4) is 22.3 Å². The second-order valence-electron chi connectivity index (χ2n) is 12.4. The quantitative estimate of drug-likeness (QED) is 0.0313. The summed E-state index contributed by atoms with van der Waals surface area (Å²) in [7, 11) is -1.92. The Kier molecular flexibility index (Phi) is 36.9. The van der Waals surface area contributed by atoms with E-state index in [0.717, 1.165) is 54.6 Å². The number of carbonyl (C=O) groups excluding carboxylic acids is 1. The number of rotatable bonds is 16. The van der Waals surface area contributed by atoms with Gasteiger partial charge in [-0.2, -0.15) is 0 Å². The van der Waals surface area contributed by atoms with Gasteiger partial charge >= 0.3 is 0 Å². The Morgan fingerprint density at radius 2 is 0.984 bits per heavy atom. The summed E-state index contributed by atoms with van der Waals surface area (Å²) >= 11 is 0. The van der Waals surface area contributed by atoms with E-state index in [9.17, 15) is 0 Å². The van der Waals surface area contributed by atoms with Crippen LogP contribution in [0.2, 0.25) is 0 Å². The number of pyridine rings is 3. The van der Waals surface area contributed by atoms with E-state index in [2.05, 4.69) is 108 Å². The Labute approximate surface area is 382 Å². The molecule has 6 rings (SSSR count). The molecule has 13 nitrogen and oxygen atoms in total. The molecule has 62 heavy (non-hydrogen) atoms. The summed E-state index contributed by atoms with van der Waals surface area (Å²) in [5, 5.41) is 16.3. The number of aromatic nitrogens is 3. The van der Waals surface area contributed by atoms with E-state index in [1.54, 1.807) is 12.4 Å². The van der Waals surface area contributed by atoms with Crippen molar-refractivity contribution in [1.29, 1.82) is 0 Å². The number of aliphatic hydroxyl groups is 2. The van der Waals surface area contributed by atoms with Crippen LogP contribution in [0.4, 0.5) is 0 Å².